The molecule has 10 heteroatoms. The number of amides is 2. The minimum atomic E-state index is -3.76. The van der Waals surface area contributed by atoms with Crippen molar-refractivity contribution < 1.29 is 18.0 Å². The molecule has 0 unspecified atom stereocenters. The molecule has 35 heavy (non-hydrogen) atoms. The average molecular weight is 585 g/mol. The highest BCUT2D eigenvalue weighted by atomic mass is 79.9. The van der Waals surface area contributed by atoms with Gasteiger partial charge in [-0.05, 0) is 61.7 Å². The van der Waals surface area contributed by atoms with Crippen LogP contribution in [0.2, 0.25) is 5.02 Å². The molecule has 0 saturated heterocycles. The van der Waals surface area contributed by atoms with Crippen molar-refractivity contribution in [2.45, 2.75) is 57.7 Å². The molecular weight excluding hydrogens is 554 g/mol. The van der Waals surface area contributed by atoms with E-state index in [-0.39, 0.29) is 18.5 Å². The molecule has 0 aromatic heterocycles. The summed E-state index contributed by atoms with van der Waals surface area (Å²) in [5.41, 5.74) is 1.11. The van der Waals surface area contributed by atoms with Gasteiger partial charge in [-0.2, -0.15) is 0 Å². The molecule has 2 aromatic rings. The number of nitrogens with one attached hydrogen (secondary N) is 1. The van der Waals surface area contributed by atoms with Crippen LogP contribution >= 0.6 is 27.5 Å². The molecule has 0 spiro atoms. The van der Waals surface area contributed by atoms with Crippen LogP contribution in [0, 0.1) is 0 Å². The summed E-state index contributed by atoms with van der Waals surface area (Å²) in [6.45, 7) is 1.36. The summed E-state index contributed by atoms with van der Waals surface area (Å²) in [4.78, 5) is 28.1. The Morgan fingerprint density at radius 2 is 1.77 bits per heavy atom. The first-order valence-electron chi connectivity index (χ1n) is 11.6. The van der Waals surface area contributed by atoms with Crippen molar-refractivity contribution in [3.63, 3.8) is 0 Å². The third-order valence-electron chi connectivity index (χ3n) is 6.15. The van der Waals surface area contributed by atoms with Gasteiger partial charge in [-0.15, -0.1) is 0 Å². The van der Waals surface area contributed by atoms with Crippen molar-refractivity contribution in [1.82, 2.24) is 10.2 Å². The van der Waals surface area contributed by atoms with Crippen LogP contribution in [-0.2, 0) is 26.2 Å². The summed E-state index contributed by atoms with van der Waals surface area (Å²) < 4.78 is 27.0. The maximum absolute atomic E-state index is 13.6. The van der Waals surface area contributed by atoms with E-state index >= 15 is 0 Å². The van der Waals surface area contributed by atoms with Gasteiger partial charge in [-0.25, -0.2) is 8.42 Å². The van der Waals surface area contributed by atoms with Gasteiger partial charge in [0.1, 0.15) is 12.6 Å². The molecule has 1 saturated carbocycles. The molecule has 1 atom stereocenters. The topological polar surface area (TPSA) is 86.8 Å². The number of halogens is 2. The van der Waals surface area contributed by atoms with E-state index in [9.17, 15) is 18.0 Å². The molecule has 0 aliphatic heterocycles. The maximum Gasteiger partial charge on any atom is 0.244 e. The van der Waals surface area contributed by atoms with Gasteiger partial charge >= 0.3 is 0 Å². The summed E-state index contributed by atoms with van der Waals surface area (Å²) in [6, 6.07) is 13.0. The van der Waals surface area contributed by atoms with Gasteiger partial charge < -0.3 is 10.2 Å². The minimum Gasteiger partial charge on any atom is -0.352 e. The van der Waals surface area contributed by atoms with Crippen LogP contribution in [0.15, 0.2) is 53.0 Å². The van der Waals surface area contributed by atoms with Crippen molar-refractivity contribution in [3.8, 4) is 0 Å². The van der Waals surface area contributed by atoms with Crippen LogP contribution < -0.4 is 9.62 Å². The van der Waals surface area contributed by atoms with E-state index in [0.29, 0.717) is 10.7 Å². The Morgan fingerprint density at radius 1 is 1.11 bits per heavy atom. The van der Waals surface area contributed by atoms with Gasteiger partial charge in [0.25, 0.3) is 0 Å². The number of hydrogen-bond donors (Lipinski definition) is 1. The smallest absolute Gasteiger partial charge is 0.244 e. The van der Waals surface area contributed by atoms with Gasteiger partial charge in [0.15, 0.2) is 0 Å². The molecule has 1 aliphatic rings. The predicted molar refractivity (Wildman–Crippen MR) is 143 cm³/mol. The van der Waals surface area contributed by atoms with E-state index in [4.69, 9.17) is 11.6 Å². The lowest BCUT2D eigenvalue weighted by Gasteiger charge is -2.33. The fraction of sp³-hybridized carbons (Fsp3) is 0.440. The van der Waals surface area contributed by atoms with Crippen LogP contribution in [0.4, 0.5) is 5.69 Å². The Kier molecular flexibility index (Phi) is 9.61. The van der Waals surface area contributed by atoms with Crippen molar-refractivity contribution >= 4 is 55.1 Å². The summed E-state index contributed by atoms with van der Waals surface area (Å²) in [5.74, 6) is -0.730. The maximum atomic E-state index is 13.6. The van der Waals surface area contributed by atoms with Crippen molar-refractivity contribution in [1.29, 1.82) is 0 Å². The Morgan fingerprint density at radius 3 is 2.37 bits per heavy atom. The number of carbonyl (C=O) groups is 2. The number of rotatable bonds is 9. The molecule has 1 N–H and O–H groups in total. The van der Waals surface area contributed by atoms with Crippen LogP contribution in [0.3, 0.4) is 0 Å². The fourth-order valence-electron chi connectivity index (χ4n) is 4.20. The summed E-state index contributed by atoms with van der Waals surface area (Å²) in [6.07, 6.45) is 6.21. The first-order valence-corrected chi connectivity index (χ1v) is 14.6. The largest absolute Gasteiger partial charge is 0.352 e. The minimum absolute atomic E-state index is 0.0945. The third-order valence-corrected chi connectivity index (χ3v) is 8.06. The zero-order valence-corrected chi connectivity index (χ0v) is 23.1. The monoisotopic (exact) mass is 583 g/mol. The number of nitrogens with zero attached hydrogens (tertiary/aromatic N) is 2. The van der Waals surface area contributed by atoms with Crippen molar-refractivity contribution in [2.24, 2.45) is 0 Å². The lowest BCUT2D eigenvalue weighted by atomic mass is 9.95. The molecule has 7 nitrogen and oxygen atoms in total. The number of anilines is 1. The first kappa shape index (κ1) is 27.5. The van der Waals surface area contributed by atoms with Gasteiger partial charge in [-0.1, -0.05) is 58.9 Å². The van der Waals surface area contributed by atoms with Crippen LogP contribution in [-0.4, -0.2) is 50.0 Å². The molecule has 1 aliphatic carbocycles. The van der Waals surface area contributed by atoms with E-state index in [2.05, 4.69) is 21.2 Å². The van der Waals surface area contributed by atoms with E-state index < -0.39 is 28.5 Å². The number of benzene rings is 2. The zero-order chi connectivity index (χ0) is 25.6. The molecule has 1 fully saturated rings. The van der Waals surface area contributed by atoms with Gasteiger partial charge in [0.05, 0.1) is 11.9 Å². The molecule has 2 amide bonds. The predicted octanol–water partition coefficient (Wildman–Crippen LogP) is 4.73. The van der Waals surface area contributed by atoms with Gasteiger partial charge in [-0.3, -0.25) is 13.9 Å². The van der Waals surface area contributed by atoms with Gasteiger partial charge in [0.2, 0.25) is 21.8 Å². The molecule has 3 rings (SSSR count). The fourth-order valence-corrected chi connectivity index (χ4v) is 5.53. The molecule has 0 heterocycles. The number of hydrogen-bond acceptors (Lipinski definition) is 4. The van der Waals surface area contributed by atoms with E-state index in [1.54, 1.807) is 49.4 Å². The highest BCUT2D eigenvalue weighted by Crippen LogP contribution is 2.23. The molecule has 190 valence electrons. The molecule has 0 radical (unpaired) electrons. The standard InChI is InChI=1S/C25H31BrClN3O4S/c1-18(25(32)28-22-9-4-3-5-10-22)29(16-19-7-6-8-21(27)15-19)24(31)17-30(35(2,33)34)23-13-11-20(26)12-14-23/h6-8,11-15,18,22H,3-5,9-10,16-17H2,1-2H3,(H,28,32)/t18-/m1/s1. The summed E-state index contributed by atoms with van der Waals surface area (Å²) in [7, 11) is -3.76. The molecular formula is C25H31BrClN3O4S. The Balaban J connectivity index is 1.86. The van der Waals surface area contributed by atoms with Crippen LogP contribution in [0.25, 0.3) is 0 Å². The Bertz CT molecular complexity index is 1140. The average Bonchev–Trinajstić information content (AvgIpc) is 2.81. The molecule has 0 bridgehead atoms. The van der Waals surface area contributed by atoms with Crippen molar-refractivity contribution in [2.75, 3.05) is 17.1 Å². The quantitative estimate of drug-likeness (QED) is 0.462. The first-order chi connectivity index (χ1) is 16.5. The highest BCUT2D eigenvalue weighted by Gasteiger charge is 2.31. The van der Waals surface area contributed by atoms with Crippen LogP contribution in [0.5, 0.6) is 0 Å². The van der Waals surface area contributed by atoms with Crippen molar-refractivity contribution in [3.05, 3.63) is 63.6 Å². The second-order valence-corrected chi connectivity index (χ2v) is 12.2. The summed E-state index contributed by atoms with van der Waals surface area (Å²) in [5, 5.41) is 3.59. The highest BCUT2D eigenvalue weighted by molar-refractivity contribution is 9.10. The zero-order valence-electron chi connectivity index (χ0n) is 19.9. The van der Waals surface area contributed by atoms with E-state index in [0.717, 1.165) is 46.3 Å². The number of sulfonamides is 1. The van der Waals surface area contributed by atoms with Gasteiger partial charge in [0, 0.05) is 22.1 Å². The lowest BCUT2D eigenvalue weighted by molar-refractivity contribution is -0.139. The Hall–Kier alpha value is -2.10. The van der Waals surface area contributed by atoms with Crippen LogP contribution in [0.1, 0.15) is 44.6 Å². The molecule has 2 aromatic carbocycles. The third kappa shape index (κ3) is 7.95. The van der Waals surface area contributed by atoms with E-state index in [1.807, 2.05) is 6.07 Å². The SMILES string of the molecule is C[C@H](C(=O)NC1CCCCC1)N(Cc1cccc(Cl)c1)C(=O)CN(c1ccc(Br)cc1)S(C)(=O)=O. The summed E-state index contributed by atoms with van der Waals surface area (Å²) >= 11 is 9.48. The second-order valence-electron chi connectivity index (χ2n) is 8.92. The second kappa shape index (κ2) is 12.2. The number of carbonyl (C=O) groups excluding carboxylic acids is 2. The lowest BCUT2D eigenvalue weighted by Crippen LogP contribution is -2.52. The van der Waals surface area contributed by atoms with E-state index in [1.165, 1.54) is 11.3 Å². The normalized spacial score (nSPS) is 15.3. The Labute approximate surface area is 221 Å².